The Kier molecular flexibility index (Phi) is 4.05. The van der Waals surface area contributed by atoms with Gasteiger partial charge in [0, 0.05) is 10.9 Å². The number of thiophene rings is 1. The maximum absolute atomic E-state index is 13.2. The van der Waals surface area contributed by atoms with Gasteiger partial charge in [-0.3, -0.25) is 0 Å². The number of rotatable bonds is 3. The summed E-state index contributed by atoms with van der Waals surface area (Å²) in [5.74, 6) is -0.416. The van der Waals surface area contributed by atoms with E-state index in [0.717, 1.165) is 10.4 Å². The van der Waals surface area contributed by atoms with Gasteiger partial charge in [-0.2, -0.15) is 0 Å². The van der Waals surface area contributed by atoms with Crippen molar-refractivity contribution < 1.29 is 4.39 Å². The predicted octanol–water partition coefficient (Wildman–Crippen LogP) is 4.44. The van der Waals surface area contributed by atoms with Gasteiger partial charge < -0.3 is 5.73 Å². The molecule has 2 N–H and O–H groups in total. The van der Waals surface area contributed by atoms with Crippen LogP contribution in [0.25, 0.3) is 0 Å². The molecule has 0 radical (unpaired) electrons. The molecule has 1 atom stereocenters. The van der Waals surface area contributed by atoms with Gasteiger partial charge in [-0.15, -0.1) is 11.3 Å². The molecular weight excluding hydrogens is 280 g/mol. The van der Waals surface area contributed by atoms with E-state index in [1.807, 2.05) is 12.1 Å². The summed E-state index contributed by atoms with van der Waals surface area (Å²) in [6, 6.07) is 8.26. The van der Waals surface area contributed by atoms with Crippen molar-refractivity contribution in [2.45, 2.75) is 12.5 Å². The first-order valence-corrected chi connectivity index (χ1v) is 6.58. The van der Waals surface area contributed by atoms with Crippen LogP contribution in [0.5, 0.6) is 0 Å². The Morgan fingerprint density at radius 2 is 2.00 bits per heavy atom. The molecule has 0 saturated carbocycles. The highest BCUT2D eigenvalue weighted by molar-refractivity contribution is 7.16. The van der Waals surface area contributed by atoms with Crippen molar-refractivity contribution >= 4 is 34.5 Å². The van der Waals surface area contributed by atoms with Crippen molar-refractivity contribution in [3.05, 3.63) is 55.9 Å². The van der Waals surface area contributed by atoms with E-state index in [2.05, 4.69) is 0 Å². The summed E-state index contributed by atoms with van der Waals surface area (Å²) in [5.41, 5.74) is 6.85. The first kappa shape index (κ1) is 12.8. The molecule has 0 bridgehead atoms. The molecule has 0 aliphatic carbocycles. The highest BCUT2D eigenvalue weighted by atomic mass is 35.5. The summed E-state index contributed by atoms with van der Waals surface area (Å²) < 4.78 is 14.0. The average molecular weight is 290 g/mol. The molecule has 17 heavy (non-hydrogen) atoms. The molecule has 1 nitrogen and oxygen atoms in total. The van der Waals surface area contributed by atoms with E-state index in [1.54, 1.807) is 12.1 Å². The number of benzene rings is 1. The Morgan fingerprint density at radius 1 is 1.24 bits per heavy atom. The molecule has 1 aromatic carbocycles. The Morgan fingerprint density at radius 3 is 2.59 bits per heavy atom. The molecule has 0 fully saturated rings. The monoisotopic (exact) mass is 289 g/mol. The van der Waals surface area contributed by atoms with Gasteiger partial charge in [-0.05, 0) is 36.2 Å². The molecule has 0 amide bonds. The zero-order valence-corrected chi connectivity index (χ0v) is 11.1. The molecule has 2 aromatic rings. The molecule has 90 valence electrons. The molecule has 1 aromatic heterocycles. The van der Waals surface area contributed by atoms with Crippen molar-refractivity contribution in [2.24, 2.45) is 5.73 Å². The third kappa shape index (κ3) is 3.19. The predicted molar refractivity (Wildman–Crippen MR) is 71.4 cm³/mol. The van der Waals surface area contributed by atoms with E-state index in [4.69, 9.17) is 28.9 Å². The second-order valence-corrected chi connectivity index (χ2v) is 5.85. The summed E-state index contributed by atoms with van der Waals surface area (Å²) in [4.78, 5) is 0.991. The van der Waals surface area contributed by atoms with Crippen LogP contribution in [0.2, 0.25) is 9.36 Å². The maximum Gasteiger partial charge on any atom is 0.142 e. The van der Waals surface area contributed by atoms with Crippen LogP contribution in [0.15, 0.2) is 30.3 Å². The van der Waals surface area contributed by atoms with Crippen LogP contribution < -0.4 is 5.73 Å². The zero-order chi connectivity index (χ0) is 12.4. The molecular formula is C12H10Cl2FNS. The normalized spacial score (nSPS) is 12.7. The van der Waals surface area contributed by atoms with E-state index in [-0.39, 0.29) is 11.1 Å². The molecule has 0 spiro atoms. The summed E-state index contributed by atoms with van der Waals surface area (Å²) in [5, 5.41) is 0.126. The van der Waals surface area contributed by atoms with Crippen LogP contribution >= 0.6 is 34.5 Å². The fraction of sp³-hybridized carbons (Fsp3) is 0.167. The number of nitrogens with two attached hydrogens (primary N) is 1. The first-order valence-electron chi connectivity index (χ1n) is 5.01. The molecule has 2 rings (SSSR count). The first-order chi connectivity index (χ1) is 8.06. The minimum Gasteiger partial charge on any atom is -0.323 e. The van der Waals surface area contributed by atoms with E-state index >= 15 is 0 Å². The minimum absolute atomic E-state index is 0.126. The number of halogens is 3. The second-order valence-electron chi connectivity index (χ2n) is 3.70. The quantitative estimate of drug-likeness (QED) is 0.888. The summed E-state index contributed by atoms with van der Waals surface area (Å²) in [6.07, 6.45) is 0.560. The fourth-order valence-corrected chi connectivity index (χ4v) is 2.73. The van der Waals surface area contributed by atoms with Crippen LogP contribution in [-0.4, -0.2) is 0 Å². The van der Waals surface area contributed by atoms with Gasteiger partial charge >= 0.3 is 0 Å². The Bertz CT molecular complexity index is 527. The summed E-state index contributed by atoms with van der Waals surface area (Å²) >= 11 is 12.9. The number of hydrogen-bond donors (Lipinski definition) is 1. The number of hydrogen-bond acceptors (Lipinski definition) is 2. The van der Waals surface area contributed by atoms with E-state index in [9.17, 15) is 4.39 Å². The van der Waals surface area contributed by atoms with Crippen molar-refractivity contribution in [1.82, 2.24) is 0 Å². The lowest BCUT2D eigenvalue weighted by atomic mass is 10.1. The minimum atomic E-state index is -0.416. The van der Waals surface area contributed by atoms with Crippen molar-refractivity contribution in [1.29, 1.82) is 0 Å². The average Bonchev–Trinajstić information content (AvgIpc) is 2.70. The zero-order valence-electron chi connectivity index (χ0n) is 8.79. The van der Waals surface area contributed by atoms with Gasteiger partial charge in [0.1, 0.15) is 5.82 Å². The molecule has 1 unspecified atom stereocenters. The summed E-state index contributed by atoms with van der Waals surface area (Å²) in [7, 11) is 0. The molecule has 1 heterocycles. The maximum atomic E-state index is 13.2. The third-order valence-corrected chi connectivity index (χ3v) is 4.07. The van der Waals surface area contributed by atoms with Gasteiger partial charge in [0.2, 0.25) is 0 Å². The van der Waals surface area contributed by atoms with Gasteiger partial charge in [0.15, 0.2) is 0 Å². The van der Waals surface area contributed by atoms with Crippen LogP contribution in [0.4, 0.5) is 4.39 Å². The van der Waals surface area contributed by atoms with Gasteiger partial charge in [-0.25, -0.2) is 4.39 Å². The van der Waals surface area contributed by atoms with Crippen LogP contribution in [-0.2, 0) is 6.42 Å². The van der Waals surface area contributed by atoms with Gasteiger partial charge in [0.05, 0.1) is 9.36 Å². The molecule has 0 saturated heterocycles. The van der Waals surface area contributed by atoms with Gasteiger partial charge in [-0.1, -0.05) is 29.3 Å². The fourth-order valence-electron chi connectivity index (χ4n) is 1.55. The van der Waals surface area contributed by atoms with E-state index in [1.165, 1.54) is 17.4 Å². The SMILES string of the molecule is NC(Cc1ccc(Cl)c(F)c1)c1ccc(Cl)s1. The second kappa shape index (κ2) is 5.36. The lowest BCUT2D eigenvalue weighted by Gasteiger charge is -2.09. The van der Waals surface area contributed by atoms with E-state index in [0.29, 0.717) is 10.8 Å². The molecule has 0 aliphatic rings. The Balaban J connectivity index is 2.12. The highest BCUT2D eigenvalue weighted by Crippen LogP contribution is 2.28. The van der Waals surface area contributed by atoms with Crippen molar-refractivity contribution in [3.63, 3.8) is 0 Å². The Labute approximate surface area is 113 Å². The van der Waals surface area contributed by atoms with Crippen molar-refractivity contribution in [3.8, 4) is 0 Å². The van der Waals surface area contributed by atoms with Gasteiger partial charge in [0.25, 0.3) is 0 Å². The van der Waals surface area contributed by atoms with Crippen molar-refractivity contribution in [2.75, 3.05) is 0 Å². The van der Waals surface area contributed by atoms with E-state index < -0.39 is 5.82 Å². The van der Waals surface area contributed by atoms with Crippen LogP contribution in [0.1, 0.15) is 16.5 Å². The highest BCUT2D eigenvalue weighted by Gasteiger charge is 2.11. The topological polar surface area (TPSA) is 26.0 Å². The molecule has 0 aliphatic heterocycles. The van der Waals surface area contributed by atoms with Crippen LogP contribution in [0.3, 0.4) is 0 Å². The lowest BCUT2D eigenvalue weighted by Crippen LogP contribution is -2.11. The smallest absolute Gasteiger partial charge is 0.142 e. The Hall–Kier alpha value is -0.610. The standard InChI is InChI=1S/C12H10Cl2FNS/c13-8-2-1-7(5-9(8)15)6-10(16)11-3-4-12(14)17-11/h1-5,10H,6,16H2. The summed E-state index contributed by atoms with van der Waals surface area (Å²) in [6.45, 7) is 0. The molecule has 5 heteroatoms. The van der Waals surface area contributed by atoms with Crippen LogP contribution in [0, 0.1) is 5.82 Å². The lowest BCUT2D eigenvalue weighted by molar-refractivity contribution is 0.623. The largest absolute Gasteiger partial charge is 0.323 e. The third-order valence-electron chi connectivity index (χ3n) is 2.40.